The van der Waals surface area contributed by atoms with E-state index >= 15 is 0 Å². The summed E-state index contributed by atoms with van der Waals surface area (Å²) in [5.41, 5.74) is 0.0121. The molecular formula is C20H29N5OS2. The van der Waals surface area contributed by atoms with Crippen molar-refractivity contribution in [2.24, 2.45) is 17.8 Å². The van der Waals surface area contributed by atoms with Crippen LogP contribution in [0.4, 0.5) is 5.13 Å². The summed E-state index contributed by atoms with van der Waals surface area (Å²) >= 11 is 2.99. The van der Waals surface area contributed by atoms with Crippen LogP contribution in [-0.2, 0) is 4.79 Å². The van der Waals surface area contributed by atoms with Crippen LogP contribution < -0.4 is 5.32 Å². The maximum atomic E-state index is 13.3. The lowest BCUT2D eigenvalue weighted by Gasteiger charge is -2.60. The molecule has 1 heterocycles. The van der Waals surface area contributed by atoms with Crippen molar-refractivity contribution in [3.05, 3.63) is 0 Å². The number of nitrogens with one attached hydrogen (secondary N) is 1. The summed E-state index contributed by atoms with van der Waals surface area (Å²) in [6, 6.07) is 2.25. The molecule has 28 heavy (non-hydrogen) atoms. The fourth-order valence-electron chi connectivity index (χ4n) is 5.96. The Morgan fingerprint density at radius 3 is 2.57 bits per heavy atom. The van der Waals surface area contributed by atoms with Crippen molar-refractivity contribution >= 4 is 34.1 Å². The first-order valence-electron chi connectivity index (χ1n) is 10.5. The minimum absolute atomic E-state index is 0.0121. The van der Waals surface area contributed by atoms with Gasteiger partial charge in [0.2, 0.25) is 11.0 Å². The van der Waals surface area contributed by atoms with Gasteiger partial charge in [-0.25, -0.2) is 0 Å². The minimum atomic E-state index is 0.0121. The second-order valence-corrected chi connectivity index (χ2v) is 10.9. The Morgan fingerprint density at radius 2 is 1.96 bits per heavy atom. The standard InChI is InChI=1S/C20H29N5OS2/c1-2-5-22-18-23-24-19(28-18)27-13-17(26)25(6-3-4-21)20-10-14-7-15(11-20)9-16(8-14)12-20/h14-16H,2-3,5-13H2,1H3,(H,22,23). The van der Waals surface area contributed by atoms with E-state index in [0.29, 0.717) is 18.7 Å². The van der Waals surface area contributed by atoms with Crippen molar-refractivity contribution in [2.45, 2.75) is 68.2 Å². The minimum Gasteiger partial charge on any atom is -0.360 e. The molecule has 1 N–H and O–H groups in total. The number of nitriles is 1. The largest absolute Gasteiger partial charge is 0.360 e. The monoisotopic (exact) mass is 419 g/mol. The van der Waals surface area contributed by atoms with E-state index in [-0.39, 0.29) is 11.4 Å². The lowest BCUT2D eigenvalue weighted by atomic mass is 9.52. The number of amides is 1. The number of aromatic nitrogens is 2. The SMILES string of the molecule is CCCNc1nnc(SCC(=O)N(CCC#N)C23CC4CC(CC(C4)C2)C3)s1. The Balaban J connectivity index is 1.42. The molecule has 152 valence electrons. The van der Waals surface area contributed by atoms with Crippen LogP contribution in [0.3, 0.4) is 0 Å². The van der Waals surface area contributed by atoms with Crippen molar-refractivity contribution in [1.29, 1.82) is 5.26 Å². The summed E-state index contributed by atoms with van der Waals surface area (Å²) in [4.78, 5) is 15.4. The maximum Gasteiger partial charge on any atom is 0.233 e. The van der Waals surface area contributed by atoms with Gasteiger partial charge in [0.25, 0.3) is 0 Å². The Labute approximate surface area is 175 Å². The van der Waals surface area contributed by atoms with Crippen LogP contribution in [0.5, 0.6) is 0 Å². The number of nitrogens with zero attached hydrogens (tertiary/aromatic N) is 4. The van der Waals surface area contributed by atoms with E-state index in [1.54, 1.807) is 0 Å². The molecular weight excluding hydrogens is 390 g/mol. The molecule has 0 radical (unpaired) electrons. The van der Waals surface area contributed by atoms with Gasteiger partial charge >= 0.3 is 0 Å². The van der Waals surface area contributed by atoms with Crippen LogP contribution in [0.25, 0.3) is 0 Å². The van der Waals surface area contributed by atoms with Crippen LogP contribution in [0.15, 0.2) is 4.34 Å². The first-order chi connectivity index (χ1) is 13.6. The number of hydrogen-bond donors (Lipinski definition) is 1. The van der Waals surface area contributed by atoms with Crippen LogP contribution >= 0.6 is 23.1 Å². The van der Waals surface area contributed by atoms with E-state index < -0.39 is 0 Å². The number of anilines is 1. The fourth-order valence-corrected chi connectivity index (χ4v) is 7.61. The predicted molar refractivity (Wildman–Crippen MR) is 112 cm³/mol. The zero-order valence-corrected chi connectivity index (χ0v) is 18.2. The molecule has 0 aromatic carbocycles. The summed E-state index contributed by atoms with van der Waals surface area (Å²) in [7, 11) is 0. The predicted octanol–water partition coefficient (Wildman–Crippen LogP) is 4.16. The van der Waals surface area contributed by atoms with Crippen LogP contribution in [-0.4, -0.2) is 45.4 Å². The van der Waals surface area contributed by atoms with Crippen LogP contribution in [0.2, 0.25) is 0 Å². The summed E-state index contributed by atoms with van der Waals surface area (Å²) in [6.07, 6.45) is 8.95. The van der Waals surface area contributed by atoms with Gasteiger partial charge in [0.15, 0.2) is 4.34 Å². The first kappa shape index (κ1) is 20.0. The number of hydrogen-bond acceptors (Lipinski definition) is 7. The quantitative estimate of drug-likeness (QED) is 0.605. The maximum absolute atomic E-state index is 13.3. The highest BCUT2D eigenvalue weighted by Crippen LogP contribution is 2.57. The average molecular weight is 420 g/mol. The third-order valence-electron chi connectivity index (χ3n) is 6.58. The third kappa shape index (κ3) is 4.16. The van der Waals surface area contributed by atoms with Gasteiger partial charge in [-0.05, 0) is 62.7 Å². The van der Waals surface area contributed by atoms with Gasteiger partial charge < -0.3 is 10.2 Å². The van der Waals surface area contributed by atoms with E-state index in [1.165, 1.54) is 42.4 Å². The van der Waals surface area contributed by atoms with Gasteiger partial charge in [0.1, 0.15) is 0 Å². The number of carbonyl (C=O) groups excluding carboxylic acids is 1. The highest BCUT2D eigenvalue weighted by molar-refractivity contribution is 8.01. The van der Waals surface area contributed by atoms with E-state index in [2.05, 4.69) is 33.4 Å². The normalized spacial score (nSPS) is 30.2. The van der Waals surface area contributed by atoms with E-state index in [0.717, 1.165) is 59.5 Å². The number of rotatable bonds is 9. The van der Waals surface area contributed by atoms with Crippen molar-refractivity contribution in [3.8, 4) is 6.07 Å². The topological polar surface area (TPSA) is 81.9 Å². The molecule has 4 saturated carbocycles. The molecule has 8 heteroatoms. The van der Waals surface area contributed by atoms with E-state index in [4.69, 9.17) is 5.26 Å². The van der Waals surface area contributed by atoms with E-state index in [1.807, 2.05) is 0 Å². The fraction of sp³-hybridized carbons (Fsp3) is 0.800. The molecule has 4 aliphatic rings. The first-order valence-corrected chi connectivity index (χ1v) is 12.3. The summed E-state index contributed by atoms with van der Waals surface area (Å²) < 4.78 is 0.831. The summed E-state index contributed by atoms with van der Waals surface area (Å²) in [6.45, 7) is 3.57. The molecule has 4 bridgehead atoms. The van der Waals surface area contributed by atoms with Crippen molar-refractivity contribution < 1.29 is 4.79 Å². The molecule has 1 amide bonds. The van der Waals surface area contributed by atoms with Gasteiger partial charge in [-0.3, -0.25) is 4.79 Å². The third-order valence-corrected chi connectivity index (χ3v) is 8.58. The smallest absolute Gasteiger partial charge is 0.233 e. The zero-order chi connectivity index (χ0) is 19.6. The molecule has 1 aromatic rings. The van der Waals surface area contributed by atoms with Crippen molar-refractivity contribution in [3.63, 3.8) is 0 Å². The van der Waals surface area contributed by atoms with Gasteiger partial charge in [-0.2, -0.15) is 5.26 Å². The lowest BCUT2D eigenvalue weighted by Crippen LogP contribution is -2.62. The molecule has 0 atom stereocenters. The second-order valence-electron chi connectivity index (χ2n) is 8.68. The van der Waals surface area contributed by atoms with Gasteiger partial charge in [0, 0.05) is 18.6 Å². The second kappa shape index (κ2) is 8.58. The molecule has 0 unspecified atom stereocenters. The Kier molecular flexibility index (Phi) is 6.12. The highest BCUT2D eigenvalue weighted by Gasteiger charge is 2.54. The van der Waals surface area contributed by atoms with Crippen molar-refractivity contribution in [2.75, 3.05) is 24.2 Å². The molecule has 0 spiro atoms. The van der Waals surface area contributed by atoms with Crippen LogP contribution in [0, 0.1) is 29.1 Å². The van der Waals surface area contributed by atoms with Gasteiger partial charge in [-0.15, -0.1) is 10.2 Å². The number of carbonyl (C=O) groups is 1. The van der Waals surface area contributed by atoms with Gasteiger partial charge in [0.05, 0.1) is 18.2 Å². The molecule has 6 nitrogen and oxygen atoms in total. The summed E-state index contributed by atoms with van der Waals surface area (Å²) in [5, 5.41) is 21.6. The summed E-state index contributed by atoms with van der Waals surface area (Å²) in [5.74, 6) is 2.90. The van der Waals surface area contributed by atoms with Crippen LogP contribution in [0.1, 0.15) is 58.3 Å². The molecule has 1 aromatic heterocycles. The zero-order valence-electron chi connectivity index (χ0n) is 16.5. The number of thioether (sulfide) groups is 1. The molecule has 4 aliphatic carbocycles. The van der Waals surface area contributed by atoms with Crippen molar-refractivity contribution in [1.82, 2.24) is 15.1 Å². The Bertz CT molecular complexity index is 708. The Hall–Kier alpha value is -1.33. The molecule has 0 saturated heterocycles. The molecule has 4 fully saturated rings. The Morgan fingerprint density at radius 1 is 1.29 bits per heavy atom. The van der Waals surface area contributed by atoms with E-state index in [9.17, 15) is 4.79 Å². The van der Waals surface area contributed by atoms with Gasteiger partial charge in [-0.1, -0.05) is 30.0 Å². The molecule has 5 rings (SSSR count). The average Bonchev–Trinajstić information content (AvgIpc) is 3.11. The highest BCUT2D eigenvalue weighted by atomic mass is 32.2. The lowest BCUT2D eigenvalue weighted by molar-refractivity contribution is -0.147. The molecule has 0 aliphatic heterocycles.